The van der Waals surface area contributed by atoms with Crippen molar-refractivity contribution < 1.29 is 4.79 Å². The number of pyridine rings is 1. The van der Waals surface area contributed by atoms with Crippen LogP contribution in [0.2, 0.25) is 0 Å². The zero-order chi connectivity index (χ0) is 15.9. The van der Waals surface area contributed by atoms with E-state index in [1.54, 1.807) is 17.5 Å². The Labute approximate surface area is 140 Å². The molecule has 23 heavy (non-hydrogen) atoms. The van der Waals surface area contributed by atoms with Crippen LogP contribution in [0.3, 0.4) is 0 Å². The molecule has 6 heteroatoms. The highest BCUT2D eigenvalue weighted by molar-refractivity contribution is 7.09. The average Bonchev–Trinajstić information content (AvgIpc) is 3.22. The Morgan fingerprint density at radius 3 is 3.00 bits per heavy atom. The Hall–Kier alpha value is -1.79. The smallest absolute Gasteiger partial charge is 0.228 e. The third-order valence-corrected chi connectivity index (χ3v) is 5.64. The Balaban J connectivity index is 1.45. The first-order valence-electron chi connectivity index (χ1n) is 7.98. The topological polar surface area (TPSA) is 49.3 Å². The van der Waals surface area contributed by atoms with Crippen molar-refractivity contribution in [2.75, 3.05) is 24.5 Å². The SMILES string of the molecule is Cc1nc(CN2CCC3(CC(=O)N(c4ccccn4)C3)C2)cs1. The van der Waals surface area contributed by atoms with Gasteiger partial charge in [0.05, 0.1) is 10.7 Å². The molecule has 0 aliphatic carbocycles. The van der Waals surface area contributed by atoms with E-state index in [1.165, 1.54) is 0 Å². The molecule has 0 bridgehead atoms. The maximum Gasteiger partial charge on any atom is 0.228 e. The van der Waals surface area contributed by atoms with Gasteiger partial charge < -0.3 is 0 Å². The number of carbonyl (C=O) groups excluding carboxylic acids is 1. The molecule has 1 spiro atoms. The molecule has 2 aliphatic rings. The Bertz CT molecular complexity index is 716. The van der Waals surface area contributed by atoms with Crippen LogP contribution in [0.25, 0.3) is 0 Å². The van der Waals surface area contributed by atoms with Gasteiger partial charge >= 0.3 is 0 Å². The summed E-state index contributed by atoms with van der Waals surface area (Å²) in [5.41, 5.74) is 1.23. The number of aromatic nitrogens is 2. The standard InChI is InChI=1S/C17H20N4OS/c1-13-19-14(10-23-13)9-20-7-5-17(11-20)8-16(22)21(12-17)15-4-2-3-6-18-15/h2-4,6,10H,5,7-9,11-12H2,1H3. The fourth-order valence-electron chi connectivity index (χ4n) is 3.76. The first-order valence-corrected chi connectivity index (χ1v) is 8.86. The molecule has 0 N–H and O–H groups in total. The highest BCUT2D eigenvalue weighted by Crippen LogP contribution is 2.41. The van der Waals surface area contributed by atoms with Crippen LogP contribution in [0.1, 0.15) is 23.5 Å². The number of aryl methyl sites for hydroxylation is 1. The van der Waals surface area contributed by atoms with Crippen molar-refractivity contribution in [1.29, 1.82) is 0 Å². The lowest BCUT2D eigenvalue weighted by Crippen LogP contribution is -2.31. The summed E-state index contributed by atoms with van der Waals surface area (Å²) >= 11 is 1.70. The number of anilines is 1. The molecule has 1 atom stereocenters. The molecule has 120 valence electrons. The Morgan fingerprint density at radius 2 is 2.26 bits per heavy atom. The molecule has 2 aromatic heterocycles. The van der Waals surface area contributed by atoms with Gasteiger partial charge in [-0.2, -0.15) is 0 Å². The van der Waals surface area contributed by atoms with Crippen molar-refractivity contribution in [2.45, 2.75) is 26.3 Å². The van der Waals surface area contributed by atoms with Crippen LogP contribution < -0.4 is 4.90 Å². The van der Waals surface area contributed by atoms with E-state index in [-0.39, 0.29) is 11.3 Å². The van der Waals surface area contributed by atoms with Gasteiger partial charge in [-0.3, -0.25) is 14.6 Å². The Kier molecular flexibility index (Phi) is 3.66. The van der Waals surface area contributed by atoms with E-state index in [1.807, 2.05) is 30.0 Å². The van der Waals surface area contributed by atoms with Gasteiger partial charge in [-0.15, -0.1) is 11.3 Å². The van der Waals surface area contributed by atoms with E-state index in [2.05, 4.69) is 20.2 Å². The minimum atomic E-state index is 0.0830. The van der Waals surface area contributed by atoms with Gasteiger partial charge in [0.1, 0.15) is 5.82 Å². The van der Waals surface area contributed by atoms with Crippen molar-refractivity contribution in [1.82, 2.24) is 14.9 Å². The van der Waals surface area contributed by atoms with Crippen LogP contribution in [-0.4, -0.2) is 40.4 Å². The summed E-state index contributed by atoms with van der Waals surface area (Å²) in [6.07, 6.45) is 3.46. The first kappa shape index (κ1) is 14.8. The molecule has 0 aromatic carbocycles. The van der Waals surface area contributed by atoms with E-state index < -0.39 is 0 Å². The molecule has 4 rings (SSSR count). The van der Waals surface area contributed by atoms with E-state index in [9.17, 15) is 4.79 Å². The molecule has 2 fully saturated rings. The normalized spacial score (nSPS) is 24.9. The summed E-state index contributed by atoms with van der Waals surface area (Å²) < 4.78 is 0. The van der Waals surface area contributed by atoms with E-state index in [4.69, 9.17) is 0 Å². The molecule has 5 nitrogen and oxygen atoms in total. The minimum Gasteiger partial charge on any atom is -0.297 e. The number of hydrogen-bond acceptors (Lipinski definition) is 5. The quantitative estimate of drug-likeness (QED) is 0.868. The van der Waals surface area contributed by atoms with Gasteiger partial charge in [0.15, 0.2) is 0 Å². The number of likely N-dealkylation sites (tertiary alicyclic amines) is 1. The van der Waals surface area contributed by atoms with Gasteiger partial charge in [-0.25, -0.2) is 9.97 Å². The molecule has 0 radical (unpaired) electrons. The fraction of sp³-hybridized carbons (Fsp3) is 0.471. The zero-order valence-corrected chi connectivity index (χ0v) is 14.1. The summed E-state index contributed by atoms with van der Waals surface area (Å²) in [6.45, 7) is 5.73. The van der Waals surface area contributed by atoms with Crippen molar-refractivity contribution in [3.8, 4) is 0 Å². The van der Waals surface area contributed by atoms with Gasteiger partial charge in [0, 0.05) is 43.0 Å². The van der Waals surface area contributed by atoms with Gasteiger partial charge in [-0.1, -0.05) is 6.07 Å². The van der Waals surface area contributed by atoms with Crippen molar-refractivity contribution in [2.24, 2.45) is 5.41 Å². The fourth-order valence-corrected chi connectivity index (χ4v) is 4.37. The van der Waals surface area contributed by atoms with Gasteiger partial charge in [0.25, 0.3) is 0 Å². The van der Waals surface area contributed by atoms with E-state index in [0.717, 1.165) is 49.1 Å². The van der Waals surface area contributed by atoms with Crippen LogP contribution >= 0.6 is 11.3 Å². The second-order valence-electron chi connectivity index (χ2n) is 6.66. The number of thiazole rings is 1. The second-order valence-corrected chi connectivity index (χ2v) is 7.73. The van der Waals surface area contributed by atoms with E-state index >= 15 is 0 Å². The van der Waals surface area contributed by atoms with Crippen LogP contribution in [0.15, 0.2) is 29.8 Å². The highest BCUT2D eigenvalue weighted by atomic mass is 32.1. The third kappa shape index (κ3) is 2.88. The molecule has 0 saturated carbocycles. The Morgan fingerprint density at radius 1 is 1.35 bits per heavy atom. The molecule has 2 aliphatic heterocycles. The average molecular weight is 328 g/mol. The lowest BCUT2D eigenvalue weighted by molar-refractivity contribution is -0.117. The summed E-state index contributed by atoms with van der Waals surface area (Å²) in [7, 11) is 0. The molecular formula is C17H20N4OS. The largest absolute Gasteiger partial charge is 0.297 e. The van der Waals surface area contributed by atoms with Crippen molar-refractivity contribution >= 4 is 23.1 Å². The predicted molar refractivity (Wildman–Crippen MR) is 90.4 cm³/mol. The van der Waals surface area contributed by atoms with Crippen LogP contribution in [0, 0.1) is 12.3 Å². The highest BCUT2D eigenvalue weighted by Gasteiger charge is 2.48. The zero-order valence-electron chi connectivity index (χ0n) is 13.2. The summed E-state index contributed by atoms with van der Waals surface area (Å²) in [5, 5.41) is 3.26. The lowest BCUT2D eigenvalue weighted by atomic mass is 9.86. The van der Waals surface area contributed by atoms with Crippen LogP contribution in [0.4, 0.5) is 5.82 Å². The monoisotopic (exact) mass is 328 g/mol. The lowest BCUT2D eigenvalue weighted by Gasteiger charge is -2.23. The van der Waals surface area contributed by atoms with Crippen molar-refractivity contribution in [3.63, 3.8) is 0 Å². The maximum absolute atomic E-state index is 12.5. The molecule has 2 saturated heterocycles. The number of hydrogen-bond donors (Lipinski definition) is 0. The molecule has 1 amide bonds. The first-order chi connectivity index (χ1) is 11.1. The maximum atomic E-state index is 12.5. The van der Waals surface area contributed by atoms with Gasteiger partial charge in [0.2, 0.25) is 5.91 Å². The molecular weight excluding hydrogens is 308 g/mol. The van der Waals surface area contributed by atoms with Crippen molar-refractivity contribution in [3.05, 3.63) is 40.5 Å². The number of amides is 1. The number of rotatable bonds is 3. The summed E-state index contributed by atoms with van der Waals surface area (Å²) in [4.78, 5) is 25.6. The van der Waals surface area contributed by atoms with E-state index in [0.29, 0.717) is 6.42 Å². The predicted octanol–water partition coefficient (Wildman–Crippen LogP) is 2.48. The number of nitrogens with zero attached hydrogens (tertiary/aromatic N) is 4. The summed E-state index contributed by atoms with van der Waals surface area (Å²) in [5.74, 6) is 0.984. The summed E-state index contributed by atoms with van der Waals surface area (Å²) in [6, 6.07) is 5.74. The van der Waals surface area contributed by atoms with Crippen LogP contribution in [0.5, 0.6) is 0 Å². The molecule has 4 heterocycles. The van der Waals surface area contributed by atoms with Crippen LogP contribution in [-0.2, 0) is 11.3 Å². The van der Waals surface area contributed by atoms with Gasteiger partial charge in [-0.05, 0) is 32.0 Å². The third-order valence-electron chi connectivity index (χ3n) is 4.82. The molecule has 2 aromatic rings. The minimum absolute atomic E-state index is 0.0830. The second kappa shape index (κ2) is 5.69. The molecule has 1 unspecified atom stereocenters. The number of carbonyl (C=O) groups is 1.